The lowest BCUT2D eigenvalue weighted by molar-refractivity contribution is -0.121. The summed E-state index contributed by atoms with van der Waals surface area (Å²) in [5, 5.41) is 6.21. The Kier molecular flexibility index (Phi) is 6.56. The van der Waals surface area contributed by atoms with Crippen molar-refractivity contribution in [3.8, 4) is 0 Å². The van der Waals surface area contributed by atoms with E-state index in [0.717, 1.165) is 25.8 Å². The highest BCUT2D eigenvalue weighted by atomic mass is 35.5. The van der Waals surface area contributed by atoms with Crippen molar-refractivity contribution in [2.75, 3.05) is 18.1 Å². The highest BCUT2D eigenvalue weighted by molar-refractivity contribution is 7.91. The molecule has 112 valence electrons. The van der Waals surface area contributed by atoms with Crippen LogP contribution in [0.3, 0.4) is 0 Å². The minimum Gasteiger partial charge on any atom is -0.352 e. The molecule has 2 heterocycles. The summed E-state index contributed by atoms with van der Waals surface area (Å²) >= 11 is 0. The third kappa shape index (κ3) is 5.67. The number of carbonyl (C=O) groups is 1. The smallest absolute Gasteiger partial charge is 0.220 e. The van der Waals surface area contributed by atoms with Crippen LogP contribution in [0.5, 0.6) is 0 Å². The summed E-state index contributed by atoms with van der Waals surface area (Å²) in [6, 6.07) is 0.290. The summed E-state index contributed by atoms with van der Waals surface area (Å²) in [7, 11) is -2.94. The van der Waals surface area contributed by atoms with Gasteiger partial charge in [0.25, 0.3) is 0 Å². The summed E-state index contributed by atoms with van der Waals surface area (Å²) in [6.45, 7) is 1.05. The topological polar surface area (TPSA) is 75.3 Å². The van der Waals surface area contributed by atoms with Gasteiger partial charge in [-0.15, -0.1) is 12.4 Å². The van der Waals surface area contributed by atoms with Gasteiger partial charge in [-0.3, -0.25) is 4.79 Å². The monoisotopic (exact) mass is 310 g/mol. The Labute approximate surface area is 121 Å². The molecule has 19 heavy (non-hydrogen) atoms. The molecule has 2 unspecified atom stereocenters. The van der Waals surface area contributed by atoms with Gasteiger partial charge in [0.1, 0.15) is 0 Å². The average Bonchev–Trinajstić information content (AvgIpc) is 2.77. The molecule has 0 saturated carbocycles. The molecule has 0 aromatic heterocycles. The lowest BCUT2D eigenvalue weighted by Crippen LogP contribution is -2.43. The Morgan fingerprint density at radius 2 is 2.05 bits per heavy atom. The van der Waals surface area contributed by atoms with Crippen LogP contribution in [0.15, 0.2) is 0 Å². The Hall–Kier alpha value is -0.330. The maximum absolute atomic E-state index is 11.7. The molecular weight excluding hydrogens is 288 g/mol. The lowest BCUT2D eigenvalue weighted by Gasteiger charge is -2.23. The van der Waals surface area contributed by atoms with Gasteiger partial charge in [0.05, 0.1) is 11.5 Å². The third-order valence-electron chi connectivity index (χ3n) is 3.71. The normalized spacial score (nSPS) is 29.5. The van der Waals surface area contributed by atoms with Crippen molar-refractivity contribution in [2.45, 2.75) is 50.6 Å². The maximum atomic E-state index is 11.7. The van der Waals surface area contributed by atoms with Crippen molar-refractivity contribution < 1.29 is 13.2 Å². The van der Waals surface area contributed by atoms with Crippen LogP contribution in [-0.2, 0) is 14.6 Å². The van der Waals surface area contributed by atoms with Gasteiger partial charge in [-0.2, -0.15) is 0 Å². The number of carbonyl (C=O) groups excluding carboxylic acids is 1. The molecule has 0 bridgehead atoms. The molecule has 2 saturated heterocycles. The number of hydrogen-bond donors (Lipinski definition) is 2. The fourth-order valence-corrected chi connectivity index (χ4v) is 4.38. The van der Waals surface area contributed by atoms with Gasteiger partial charge in [-0.05, 0) is 38.6 Å². The molecule has 1 amide bonds. The second-order valence-corrected chi connectivity index (χ2v) is 7.58. The summed E-state index contributed by atoms with van der Waals surface area (Å²) < 4.78 is 22.9. The molecule has 2 aliphatic rings. The van der Waals surface area contributed by atoms with E-state index >= 15 is 0 Å². The van der Waals surface area contributed by atoms with Crippen LogP contribution < -0.4 is 10.6 Å². The molecule has 2 N–H and O–H groups in total. The highest BCUT2D eigenvalue weighted by Gasteiger charge is 2.26. The first-order valence-electron chi connectivity index (χ1n) is 6.78. The molecule has 0 aliphatic carbocycles. The van der Waals surface area contributed by atoms with Crippen LogP contribution in [0, 0.1) is 0 Å². The zero-order chi connectivity index (χ0) is 13.0. The Balaban J connectivity index is 0.00000180. The fourth-order valence-electron chi connectivity index (χ4n) is 2.74. The lowest BCUT2D eigenvalue weighted by atomic mass is 10.1. The Morgan fingerprint density at radius 3 is 2.68 bits per heavy atom. The molecule has 0 aromatic carbocycles. The number of amides is 1. The van der Waals surface area contributed by atoms with E-state index in [0.29, 0.717) is 18.9 Å². The Bertz CT molecular complexity index is 394. The average molecular weight is 311 g/mol. The second-order valence-electron chi connectivity index (χ2n) is 5.35. The van der Waals surface area contributed by atoms with Crippen molar-refractivity contribution in [3.05, 3.63) is 0 Å². The largest absolute Gasteiger partial charge is 0.352 e. The van der Waals surface area contributed by atoms with Gasteiger partial charge >= 0.3 is 0 Å². The van der Waals surface area contributed by atoms with E-state index in [1.165, 1.54) is 6.42 Å². The van der Waals surface area contributed by atoms with Crippen LogP contribution in [0.4, 0.5) is 0 Å². The molecular formula is C12H23ClN2O3S. The van der Waals surface area contributed by atoms with Crippen LogP contribution in [0.2, 0.25) is 0 Å². The summed E-state index contributed by atoms with van der Waals surface area (Å²) in [5.74, 6) is 0.372. The standard InChI is InChI=1S/C12H22N2O3S.ClH/c15-12(6-5-10-3-1-7-13-10)14-11-4-2-8-18(16,17)9-11;/h10-11,13H,1-9H2,(H,14,15);1H. The van der Waals surface area contributed by atoms with Crippen LogP contribution in [-0.4, -0.2) is 44.5 Å². The van der Waals surface area contributed by atoms with Gasteiger partial charge in [0, 0.05) is 18.5 Å². The van der Waals surface area contributed by atoms with Gasteiger partial charge in [0.15, 0.2) is 9.84 Å². The van der Waals surface area contributed by atoms with Gasteiger partial charge in [-0.25, -0.2) is 8.42 Å². The first-order valence-corrected chi connectivity index (χ1v) is 8.60. The summed E-state index contributed by atoms with van der Waals surface area (Å²) in [6.07, 6.45) is 5.13. The first-order chi connectivity index (χ1) is 8.55. The number of nitrogens with one attached hydrogen (secondary N) is 2. The van der Waals surface area contributed by atoms with E-state index in [1.54, 1.807) is 0 Å². The molecule has 2 rings (SSSR count). The van der Waals surface area contributed by atoms with Gasteiger partial charge in [-0.1, -0.05) is 0 Å². The minimum atomic E-state index is -2.94. The van der Waals surface area contributed by atoms with Crippen molar-refractivity contribution in [2.24, 2.45) is 0 Å². The molecule has 0 radical (unpaired) electrons. The quantitative estimate of drug-likeness (QED) is 0.799. The number of halogens is 1. The fraction of sp³-hybridized carbons (Fsp3) is 0.917. The predicted octanol–water partition coefficient (Wildman–Crippen LogP) is 0.634. The summed E-state index contributed by atoms with van der Waals surface area (Å²) in [4.78, 5) is 11.7. The second kappa shape index (κ2) is 7.45. The van der Waals surface area contributed by atoms with Crippen LogP contribution in [0.25, 0.3) is 0 Å². The zero-order valence-electron chi connectivity index (χ0n) is 11.1. The molecule has 0 aromatic rings. The zero-order valence-corrected chi connectivity index (χ0v) is 12.7. The molecule has 7 heteroatoms. The molecule has 0 spiro atoms. The van der Waals surface area contributed by atoms with E-state index in [4.69, 9.17) is 0 Å². The van der Waals surface area contributed by atoms with Gasteiger partial charge in [0.2, 0.25) is 5.91 Å². The molecule has 2 fully saturated rings. The van der Waals surface area contributed by atoms with Gasteiger partial charge < -0.3 is 10.6 Å². The first kappa shape index (κ1) is 16.7. The molecule has 2 atom stereocenters. The van der Waals surface area contributed by atoms with Crippen LogP contribution in [0.1, 0.15) is 38.5 Å². The van der Waals surface area contributed by atoms with Crippen molar-refractivity contribution in [1.82, 2.24) is 10.6 Å². The SMILES string of the molecule is Cl.O=C(CCC1CCCN1)NC1CCCS(=O)(=O)C1. The van der Waals surface area contributed by atoms with E-state index in [2.05, 4.69) is 10.6 Å². The summed E-state index contributed by atoms with van der Waals surface area (Å²) in [5.41, 5.74) is 0. The predicted molar refractivity (Wildman–Crippen MR) is 77.3 cm³/mol. The van der Waals surface area contributed by atoms with E-state index in [1.807, 2.05) is 0 Å². The van der Waals surface area contributed by atoms with Crippen molar-refractivity contribution >= 4 is 28.2 Å². The number of hydrogen-bond acceptors (Lipinski definition) is 4. The highest BCUT2D eigenvalue weighted by Crippen LogP contribution is 2.13. The van der Waals surface area contributed by atoms with E-state index < -0.39 is 9.84 Å². The third-order valence-corrected chi connectivity index (χ3v) is 5.53. The number of sulfone groups is 1. The van der Waals surface area contributed by atoms with Crippen molar-refractivity contribution in [1.29, 1.82) is 0 Å². The molecule has 2 aliphatic heterocycles. The van der Waals surface area contributed by atoms with Crippen LogP contribution >= 0.6 is 12.4 Å². The molecule has 5 nitrogen and oxygen atoms in total. The van der Waals surface area contributed by atoms with Crippen molar-refractivity contribution in [3.63, 3.8) is 0 Å². The van der Waals surface area contributed by atoms with E-state index in [-0.39, 0.29) is 35.9 Å². The van der Waals surface area contributed by atoms with E-state index in [9.17, 15) is 13.2 Å². The Morgan fingerprint density at radius 1 is 1.26 bits per heavy atom. The maximum Gasteiger partial charge on any atom is 0.220 e. The number of rotatable bonds is 4. The minimum absolute atomic E-state index is 0.